The minimum absolute atomic E-state index is 0.307. The Morgan fingerprint density at radius 3 is 2.88 bits per heavy atom. The van der Waals surface area contributed by atoms with Gasteiger partial charge in [0.1, 0.15) is 0 Å². The largest absolute Gasteiger partial charge is 0.462 e. The van der Waals surface area contributed by atoms with Gasteiger partial charge >= 0.3 is 5.97 Å². The Morgan fingerprint density at radius 2 is 2.23 bits per heavy atom. The van der Waals surface area contributed by atoms with Crippen LogP contribution in [0.15, 0.2) is 38.8 Å². The molecule has 6 nitrogen and oxygen atoms in total. The lowest BCUT2D eigenvalue weighted by Gasteiger charge is -2.14. The highest BCUT2D eigenvalue weighted by atomic mass is 79.9. The van der Waals surface area contributed by atoms with E-state index < -0.39 is 0 Å². The fourth-order valence-corrected chi connectivity index (χ4v) is 3.86. The van der Waals surface area contributed by atoms with Gasteiger partial charge in [-0.15, -0.1) is 0 Å². The van der Waals surface area contributed by atoms with Gasteiger partial charge in [-0.05, 0) is 44.5 Å². The van der Waals surface area contributed by atoms with Crippen molar-refractivity contribution in [1.29, 1.82) is 0 Å². The van der Waals surface area contributed by atoms with Crippen molar-refractivity contribution in [2.24, 2.45) is 10.1 Å². The number of hydrazone groups is 1. The zero-order valence-electron chi connectivity index (χ0n) is 14.7. The van der Waals surface area contributed by atoms with Gasteiger partial charge in [0.15, 0.2) is 5.17 Å². The molecule has 2 aromatic rings. The summed E-state index contributed by atoms with van der Waals surface area (Å²) in [4.78, 5) is 20.0. The number of hydrogen-bond acceptors (Lipinski definition) is 5. The van der Waals surface area contributed by atoms with E-state index in [-0.39, 0.29) is 5.97 Å². The number of thioether (sulfide) groups is 1. The van der Waals surface area contributed by atoms with Crippen molar-refractivity contribution in [3.05, 3.63) is 51.3 Å². The molecule has 0 saturated carbocycles. The van der Waals surface area contributed by atoms with E-state index in [4.69, 9.17) is 4.74 Å². The summed E-state index contributed by atoms with van der Waals surface area (Å²) in [5.74, 6) is 0.349. The second-order valence-corrected chi connectivity index (χ2v) is 7.58. The third kappa shape index (κ3) is 4.02. The Labute approximate surface area is 164 Å². The minimum atomic E-state index is -0.307. The molecule has 0 spiro atoms. The lowest BCUT2D eigenvalue weighted by molar-refractivity contribution is 0.0525. The van der Waals surface area contributed by atoms with Crippen LogP contribution in [0.5, 0.6) is 0 Å². The number of nitrogens with zero attached hydrogens (tertiary/aromatic N) is 2. The Balaban J connectivity index is 1.81. The number of aryl methyl sites for hydroxylation is 1. The topological polar surface area (TPSA) is 78.8 Å². The molecule has 26 heavy (non-hydrogen) atoms. The van der Waals surface area contributed by atoms with Crippen molar-refractivity contribution >= 4 is 50.2 Å². The normalized spacial score (nSPS) is 15.5. The van der Waals surface area contributed by atoms with Gasteiger partial charge in [0.05, 0.1) is 29.3 Å². The van der Waals surface area contributed by atoms with E-state index in [0.717, 1.165) is 38.0 Å². The fourth-order valence-electron chi connectivity index (χ4n) is 2.71. The minimum Gasteiger partial charge on any atom is -0.462 e. The molecule has 1 aliphatic rings. The molecule has 1 aromatic heterocycles. The monoisotopic (exact) mass is 434 g/mol. The van der Waals surface area contributed by atoms with Crippen molar-refractivity contribution in [3.8, 4) is 0 Å². The van der Waals surface area contributed by atoms with Gasteiger partial charge in [0.2, 0.25) is 0 Å². The van der Waals surface area contributed by atoms with Crippen LogP contribution in [0, 0.1) is 13.8 Å². The molecule has 2 N–H and O–H groups in total. The van der Waals surface area contributed by atoms with E-state index in [1.165, 1.54) is 0 Å². The van der Waals surface area contributed by atoms with Crippen molar-refractivity contribution in [1.82, 2.24) is 10.4 Å². The Morgan fingerprint density at radius 1 is 1.42 bits per heavy atom. The lowest BCUT2D eigenvalue weighted by atomic mass is 10.1. The quantitative estimate of drug-likeness (QED) is 0.702. The van der Waals surface area contributed by atoms with E-state index in [1.807, 2.05) is 38.1 Å². The highest BCUT2D eigenvalue weighted by Gasteiger charge is 2.23. The zero-order valence-corrected chi connectivity index (χ0v) is 17.1. The fraction of sp³-hybridized carbons (Fsp3) is 0.278. The van der Waals surface area contributed by atoms with E-state index in [1.54, 1.807) is 18.7 Å². The first-order valence-corrected chi connectivity index (χ1v) is 9.93. The number of aromatic amines is 1. The van der Waals surface area contributed by atoms with Crippen LogP contribution < -0.4 is 5.43 Å². The number of carbonyl (C=O) groups is 1. The maximum atomic E-state index is 12.1. The first-order valence-electron chi connectivity index (χ1n) is 8.16. The smallest absolute Gasteiger partial charge is 0.340 e. The summed E-state index contributed by atoms with van der Waals surface area (Å²) in [5.41, 5.74) is 7.78. The second kappa shape index (κ2) is 8.09. The summed E-state index contributed by atoms with van der Waals surface area (Å²) in [6.07, 6.45) is 0. The van der Waals surface area contributed by atoms with E-state index in [2.05, 4.69) is 36.4 Å². The molecule has 0 fully saturated rings. The number of nitrogens with one attached hydrogen (secondary N) is 2. The van der Waals surface area contributed by atoms with Crippen LogP contribution in [0.25, 0.3) is 0 Å². The number of H-pyrrole nitrogens is 1. The molecule has 0 saturated heterocycles. The molecular formula is C18H19BrN4O2S. The molecule has 8 heteroatoms. The number of aliphatic imine (C=N–C) groups is 1. The average Bonchev–Trinajstić information content (AvgIpc) is 2.90. The van der Waals surface area contributed by atoms with Crippen LogP contribution in [0.2, 0.25) is 0 Å². The molecule has 0 unspecified atom stereocenters. The summed E-state index contributed by atoms with van der Waals surface area (Å²) >= 11 is 5.01. The molecule has 2 heterocycles. The third-order valence-corrected chi connectivity index (χ3v) is 5.24. The number of esters is 1. The van der Waals surface area contributed by atoms with Crippen molar-refractivity contribution in [2.75, 3.05) is 12.4 Å². The predicted octanol–water partition coefficient (Wildman–Crippen LogP) is 4.30. The molecular weight excluding hydrogens is 416 g/mol. The van der Waals surface area contributed by atoms with Gasteiger partial charge in [0, 0.05) is 15.9 Å². The number of hydrogen-bond donors (Lipinski definition) is 2. The van der Waals surface area contributed by atoms with Gasteiger partial charge in [-0.2, -0.15) is 5.10 Å². The average molecular weight is 435 g/mol. The first kappa shape index (κ1) is 18.7. The molecule has 1 aromatic carbocycles. The number of carbonyl (C=O) groups excluding carboxylic acids is 1. The van der Waals surface area contributed by atoms with Crippen molar-refractivity contribution < 1.29 is 9.53 Å². The highest BCUT2D eigenvalue weighted by molar-refractivity contribution is 9.10. The molecule has 136 valence electrons. The number of benzene rings is 1. The standard InChI is InChI=1S/C18H19BrN4O2S/c1-4-25-17(24)15-10(2)16(20-11(15)3)14-9-26-18(23-22-14)21-13-7-5-6-12(19)8-13/h5-8,20H,4,9H2,1-3H3,(H,21,23). The molecule has 0 atom stereocenters. The van der Waals surface area contributed by atoms with Crippen LogP contribution in [-0.4, -0.2) is 34.2 Å². The lowest BCUT2D eigenvalue weighted by Crippen LogP contribution is -2.25. The third-order valence-electron chi connectivity index (χ3n) is 3.88. The SMILES string of the molecule is CCOC(=O)c1c(C)[nH]c(C2=NNC(=Nc3cccc(Br)c3)SC2)c1C. The summed E-state index contributed by atoms with van der Waals surface area (Å²) in [6.45, 7) is 5.93. The summed E-state index contributed by atoms with van der Waals surface area (Å²) < 4.78 is 6.12. The molecule has 0 aliphatic carbocycles. The Hall–Kier alpha value is -2.06. The van der Waals surface area contributed by atoms with Gasteiger partial charge < -0.3 is 9.72 Å². The summed E-state index contributed by atoms with van der Waals surface area (Å²) in [6, 6.07) is 7.77. The van der Waals surface area contributed by atoms with E-state index in [0.29, 0.717) is 17.9 Å². The maximum absolute atomic E-state index is 12.1. The highest BCUT2D eigenvalue weighted by Crippen LogP contribution is 2.24. The Kier molecular flexibility index (Phi) is 5.83. The number of rotatable bonds is 4. The van der Waals surface area contributed by atoms with Crippen LogP contribution in [0.4, 0.5) is 5.69 Å². The molecule has 0 amide bonds. The van der Waals surface area contributed by atoms with E-state index >= 15 is 0 Å². The van der Waals surface area contributed by atoms with Crippen LogP contribution in [-0.2, 0) is 4.74 Å². The first-order chi connectivity index (χ1) is 12.5. The number of halogens is 1. The molecule has 0 radical (unpaired) electrons. The molecule has 1 aliphatic heterocycles. The predicted molar refractivity (Wildman–Crippen MR) is 110 cm³/mol. The Bertz CT molecular complexity index is 905. The summed E-state index contributed by atoms with van der Waals surface area (Å²) in [7, 11) is 0. The van der Waals surface area contributed by atoms with Crippen molar-refractivity contribution in [2.45, 2.75) is 20.8 Å². The zero-order chi connectivity index (χ0) is 18.7. The summed E-state index contributed by atoms with van der Waals surface area (Å²) in [5, 5.41) is 5.17. The maximum Gasteiger partial charge on any atom is 0.340 e. The molecule has 0 bridgehead atoms. The number of ether oxygens (including phenoxy) is 1. The van der Waals surface area contributed by atoms with E-state index in [9.17, 15) is 4.79 Å². The van der Waals surface area contributed by atoms with Crippen LogP contribution >= 0.6 is 27.7 Å². The van der Waals surface area contributed by atoms with Gasteiger partial charge in [-0.1, -0.05) is 33.8 Å². The number of amidine groups is 1. The molecule has 3 rings (SSSR count). The van der Waals surface area contributed by atoms with Gasteiger partial charge in [0.25, 0.3) is 0 Å². The van der Waals surface area contributed by atoms with Crippen LogP contribution in [0.1, 0.15) is 34.2 Å². The van der Waals surface area contributed by atoms with Crippen molar-refractivity contribution in [3.63, 3.8) is 0 Å². The van der Waals surface area contributed by atoms with Crippen LogP contribution in [0.3, 0.4) is 0 Å². The van der Waals surface area contributed by atoms with Gasteiger partial charge in [-0.25, -0.2) is 9.79 Å². The number of aromatic nitrogens is 1. The second-order valence-electron chi connectivity index (χ2n) is 5.70. The van der Waals surface area contributed by atoms with Gasteiger partial charge in [-0.3, -0.25) is 5.43 Å².